The Morgan fingerprint density at radius 2 is 0.133 bits per heavy atom. The van der Waals surface area contributed by atoms with E-state index in [-0.39, 0.29) is 302 Å². The van der Waals surface area contributed by atoms with Crippen molar-refractivity contribution in [3.63, 3.8) is 0 Å². The van der Waals surface area contributed by atoms with E-state index in [4.69, 9.17) is 0 Å². The van der Waals surface area contributed by atoms with Crippen LogP contribution in [-0.4, -0.2) is 0 Å². The molecule has 0 unspecified atom stereocenters. The molecule has 15 heavy (non-hydrogen) atoms. The van der Waals surface area contributed by atoms with E-state index in [9.17, 15) is 0 Å². The Hall–Kier alpha value is 9.64. The fraction of sp³-hybridized carbons (Fsp3) is 0. The second kappa shape index (κ2) is 130. The van der Waals surface area contributed by atoms with Gasteiger partial charge in [-0.3, -0.25) is 0 Å². The molecule has 0 amide bonds. The predicted molar refractivity (Wildman–Crippen MR) is 6.41 cm³/mol. The van der Waals surface area contributed by atoms with Crippen LogP contribution in [0.1, 0.15) is 0 Å². The molecule has 0 rings (SSSR count). The van der Waals surface area contributed by atoms with Crippen LogP contribution in [-0.2, 0) is 295 Å². The third-order valence-corrected chi connectivity index (χ3v) is 0. The summed E-state index contributed by atoms with van der Waals surface area (Å²) in [6.07, 6.45) is 0. The van der Waals surface area contributed by atoms with Crippen LogP contribution in [0.2, 0.25) is 0 Å². The van der Waals surface area contributed by atoms with Crippen LogP contribution in [0.25, 0.3) is 0 Å². The topological polar surface area (TPSA) is 0 Å². The molecule has 0 aromatic carbocycles. The van der Waals surface area contributed by atoms with Gasteiger partial charge in [0, 0.05) is 295 Å². The van der Waals surface area contributed by atoms with Gasteiger partial charge in [-0.15, -0.1) is 0 Å². The van der Waals surface area contributed by atoms with Crippen molar-refractivity contribution in [1.82, 2.24) is 0 Å². The molecule has 0 nitrogen and oxygen atoms in total. The summed E-state index contributed by atoms with van der Waals surface area (Å²) in [6, 6.07) is 0. The Labute approximate surface area is 294 Å². The molecule has 14 heteroatoms. The second-order valence-corrected chi connectivity index (χ2v) is 0. The summed E-state index contributed by atoms with van der Waals surface area (Å²) < 4.78 is 0. The molecule has 0 aliphatic rings. The maximum Gasteiger partial charge on any atom is 0 e. The average molecular weight is 2590 g/mol. The molecule has 0 aliphatic heterocycles. The predicted octanol–water partition coefficient (Wildman–Crippen LogP) is 0.415. The van der Waals surface area contributed by atoms with Crippen molar-refractivity contribution < 1.29 is 295 Å². The summed E-state index contributed by atoms with van der Waals surface area (Å²) in [5.74, 6) is 0. The summed E-state index contributed by atoms with van der Waals surface area (Å²) in [5, 5.41) is 0. The fourth-order valence-electron chi connectivity index (χ4n) is 0. The Balaban J connectivity index is 0. The maximum absolute atomic E-state index is 0. The second-order valence-electron chi connectivity index (χ2n) is 0. The number of hydrogen-bond acceptors (Lipinski definition) is 0. The van der Waals surface area contributed by atoms with Gasteiger partial charge in [-0.2, -0.15) is 0 Å². The molecular weight excluding hydrogens is 2590 g/mol. The molecule has 92 valence electrons. The smallest absolute Gasteiger partial charge is 0 e. The molecule has 0 saturated heterocycles. The minimum atomic E-state index is 0. The van der Waals surface area contributed by atoms with E-state index in [0.717, 1.165) is 0 Å². The molecule has 0 atom stereocenters. The Morgan fingerprint density at radius 1 is 0.133 bits per heavy atom. The zero-order valence-electron chi connectivity index (χ0n) is 6.72. The molecule has 0 aromatic rings. The van der Waals surface area contributed by atoms with Gasteiger partial charge in [0.05, 0.1) is 0 Å². The van der Waals surface area contributed by atoms with Gasteiger partial charge in [-0.25, -0.2) is 0 Å². The van der Waals surface area contributed by atoms with Gasteiger partial charge in [0.1, 0.15) is 0 Å². The fourth-order valence-corrected chi connectivity index (χ4v) is 0. The van der Waals surface area contributed by atoms with Crippen molar-refractivity contribution >= 4 is 0 Å². The maximum atomic E-state index is 0. The molecule has 0 bridgehead atoms. The molecule has 0 aliphatic carbocycles. The van der Waals surface area contributed by atoms with Crippen LogP contribution in [0.4, 0.5) is 0 Å². The number of rotatable bonds is 0. The third-order valence-electron chi connectivity index (χ3n) is 0. The van der Waals surface area contributed by atoms with Crippen molar-refractivity contribution in [2.45, 2.75) is 0 Å². The third kappa shape index (κ3) is 119. The Kier molecular flexibility index (Phi) is 1290. The van der Waals surface area contributed by atoms with Gasteiger partial charge in [-0.1, -0.05) is 0 Å². The summed E-state index contributed by atoms with van der Waals surface area (Å²) >= 11 is 0. The van der Waals surface area contributed by atoms with Crippen LogP contribution in [0.5, 0.6) is 0 Å². The molecule has 0 aromatic heterocycles. The molecule has 0 fully saturated rings. The van der Waals surface area contributed by atoms with Gasteiger partial charge in [0.15, 0.2) is 0 Å². The van der Waals surface area contributed by atoms with Gasteiger partial charge >= 0.3 is 0 Å². The van der Waals surface area contributed by atoms with Crippen LogP contribution in [0.15, 0.2) is 0 Å². The van der Waals surface area contributed by atoms with Crippen molar-refractivity contribution in [1.29, 1.82) is 0 Å². The van der Waals surface area contributed by atoms with E-state index < -0.39 is 0 Å². The first kappa shape index (κ1) is 148. The largest absolute Gasteiger partial charge is 0.358 e. The zero-order valence-corrected chi connectivity index (χ0v) is 47.8. The molecular formula is CH3W14-. The van der Waals surface area contributed by atoms with Gasteiger partial charge in [0.2, 0.25) is 0 Å². The normalized spacial score (nSPS) is 0. The first-order valence-electron chi connectivity index (χ1n) is 0. The quantitative estimate of drug-likeness (QED) is 0.309. The van der Waals surface area contributed by atoms with Crippen molar-refractivity contribution in [2.24, 2.45) is 0 Å². The average Bonchev–Trinajstić information content (AvgIpc) is 0. The van der Waals surface area contributed by atoms with E-state index >= 15 is 0 Å². The summed E-state index contributed by atoms with van der Waals surface area (Å²) in [4.78, 5) is 0. The van der Waals surface area contributed by atoms with Crippen LogP contribution in [0, 0.1) is 7.43 Å². The monoisotopic (exact) mass is 2590 g/mol. The van der Waals surface area contributed by atoms with Crippen molar-refractivity contribution in [3.05, 3.63) is 7.43 Å². The van der Waals surface area contributed by atoms with Crippen molar-refractivity contribution in [3.8, 4) is 0 Å². The molecule has 0 N–H and O–H groups in total. The SMILES string of the molecule is [CH3-].[W].[W].[W].[W].[W].[W].[W].[W].[W].[W].[W].[W].[W].[W]. The van der Waals surface area contributed by atoms with Crippen LogP contribution in [0.3, 0.4) is 0 Å². The van der Waals surface area contributed by atoms with Crippen LogP contribution < -0.4 is 0 Å². The van der Waals surface area contributed by atoms with E-state index in [1.807, 2.05) is 0 Å². The Bertz CT molecular complexity index is 5.30. The molecule has 0 saturated carbocycles. The minimum Gasteiger partial charge on any atom is -0.358 e. The Morgan fingerprint density at radius 3 is 0.133 bits per heavy atom. The van der Waals surface area contributed by atoms with Crippen molar-refractivity contribution in [2.75, 3.05) is 0 Å². The van der Waals surface area contributed by atoms with Gasteiger partial charge in [-0.05, 0) is 0 Å². The van der Waals surface area contributed by atoms with Gasteiger partial charge < -0.3 is 7.43 Å². The van der Waals surface area contributed by atoms with E-state index in [1.165, 1.54) is 0 Å². The first-order chi connectivity index (χ1) is 0. The van der Waals surface area contributed by atoms with Crippen LogP contribution >= 0.6 is 0 Å². The zero-order chi connectivity index (χ0) is 0. The molecule has 0 heterocycles. The van der Waals surface area contributed by atoms with E-state index in [0.29, 0.717) is 0 Å². The van der Waals surface area contributed by atoms with Gasteiger partial charge in [0.25, 0.3) is 0 Å². The van der Waals surface area contributed by atoms with E-state index in [1.54, 1.807) is 0 Å². The summed E-state index contributed by atoms with van der Waals surface area (Å²) in [5.41, 5.74) is 0. The summed E-state index contributed by atoms with van der Waals surface area (Å²) in [7, 11) is 0. The minimum absolute atomic E-state index is 0. The van der Waals surface area contributed by atoms with E-state index in [2.05, 4.69) is 0 Å². The number of hydrogen-bond donors (Lipinski definition) is 0. The first-order valence-corrected chi connectivity index (χ1v) is 0. The molecule has 0 spiro atoms. The summed E-state index contributed by atoms with van der Waals surface area (Å²) in [6.45, 7) is 0. The standard InChI is InChI=1S/CH3.14W/h1H3;;;;;;;;;;;;;;/q-1;;;;;;;;;;;;;;. The molecule has 0 radical (unpaired) electrons.